The van der Waals surface area contributed by atoms with Crippen LogP contribution in [-0.4, -0.2) is 22.3 Å². The van der Waals surface area contributed by atoms with Gasteiger partial charge in [0.1, 0.15) is 30.4 Å². The third-order valence-corrected chi connectivity index (χ3v) is 13.6. The number of thiophene rings is 2. The highest BCUT2D eigenvalue weighted by Gasteiger charge is 2.61. The van der Waals surface area contributed by atoms with Gasteiger partial charge in [-0.15, -0.1) is 22.7 Å². The number of rotatable bonds is 4. The highest BCUT2D eigenvalue weighted by atomic mass is 32.1. The van der Waals surface area contributed by atoms with Gasteiger partial charge in [0, 0.05) is 51.8 Å². The molecular weight excluding hydrogens is 663 g/mol. The molecule has 7 atom stereocenters. The van der Waals surface area contributed by atoms with Crippen molar-refractivity contribution < 1.29 is 4.74 Å². The molecule has 2 saturated heterocycles. The first-order valence-electron chi connectivity index (χ1n) is 17.7. The molecule has 244 valence electrons. The van der Waals surface area contributed by atoms with Gasteiger partial charge in [-0.2, -0.15) is 10.0 Å². The minimum Gasteiger partial charge on any atom is -0.485 e. The fourth-order valence-corrected chi connectivity index (χ4v) is 11.2. The highest BCUT2D eigenvalue weighted by molar-refractivity contribution is 7.26. The van der Waals surface area contributed by atoms with Crippen LogP contribution in [0.15, 0.2) is 157 Å². The predicted octanol–water partition coefficient (Wildman–Crippen LogP) is 11.3. The lowest BCUT2D eigenvalue weighted by atomic mass is 9.87. The van der Waals surface area contributed by atoms with Crippen LogP contribution in [0.1, 0.15) is 34.9 Å². The molecule has 0 spiro atoms. The summed E-state index contributed by atoms with van der Waals surface area (Å²) in [6.07, 6.45) is 7.43. The van der Waals surface area contributed by atoms with Gasteiger partial charge in [-0.05, 0) is 64.2 Å². The summed E-state index contributed by atoms with van der Waals surface area (Å²) in [7, 11) is 0. The molecule has 0 amide bonds. The lowest BCUT2D eigenvalue weighted by Gasteiger charge is -2.23. The summed E-state index contributed by atoms with van der Waals surface area (Å²) < 4.78 is 11.9. The Hall–Kier alpha value is -5.08. The molecule has 51 heavy (non-hydrogen) atoms. The van der Waals surface area contributed by atoms with Gasteiger partial charge in [0.05, 0.1) is 0 Å². The van der Waals surface area contributed by atoms with Gasteiger partial charge in [0.25, 0.3) is 0 Å². The molecule has 3 aliphatic heterocycles. The van der Waals surface area contributed by atoms with Crippen LogP contribution in [0.5, 0.6) is 5.75 Å². The number of hydrogen-bond acceptors (Lipinski definition) is 6. The molecule has 6 heteroatoms. The normalized spacial score (nSPS) is 26.0. The number of ether oxygens (including phenoxy) is 1. The summed E-state index contributed by atoms with van der Waals surface area (Å²) in [5, 5.41) is 14.4. The van der Waals surface area contributed by atoms with Crippen LogP contribution in [0.4, 0.5) is 0 Å². The molecule has 1 N–H and O–H groups in total. The maximum Gasteiger partial charge on any atom is 0.128 e. The van der Waals surface area contributed by atoms with Gasteiger partial charge >= 0.3 is 0 Å². The summed E-state index contributed by atoms with van der Waals surface area (Å²) in [5.74, 6) is 1.16. The lowest BCUT2D eigenvalue weighted by molar-refractivity contribution is 0.267. The van der Waals surface area contributed by atoms with E-state index in [4.69, 9.17) is 4.74 Å². The van der Waals surface area contributed by atoms with E-state index in [2.05, 4.69) is 167 Å². The van der Waals surface area contributed by atoms with Gasteiger partial charge in [-0.3, -0.25) is 5.32 Å². The van der Waals surface area contributed by atoms with Gasteiger partial charge in [0.2, 0.25) is 0 Å². The second kappa shape index (κ2) is 10.7. The van der Waals surface area contributed by atoms with Crippen molar-refractivity contribution in [2.75, 3.05) is 0 Å². The van der Waals surface area contributed by atoms with Crippen LogP contribution < -0.4 is 10.1 Å². The fraction of sp³-hybridized carbons (Fsp3) is 0.111. The van der Waals surface area contributed by atoms with Gasteiger partial charge < -0.3 is 4.74 Å². The predicted molar refractivity (Wildman–Crippen MR) is 211 cm³/mol. The topological polar surface area (TPSA) is 27.3 Å². The maximum atomic E-state index is 6.56. The number of nitrogens with zero attached hydrogens (tertiary/aromatic N) is 2. The molecule has 1 aliphatic carbocycles. The number of fused-ring (bicyclic) bond motifs is 10. The minimum absolute atomic E-state index is 0.0110. The molecule has 8 aromatic rings. The van der Waals surface area contributed by atoms with Crippen molar-refractivity contribution in [3.05, 3.63) is 174 Å². The van der Waals surface area contributed by atoms with Crippen molar-refractivity contribution in [2.45, 2.75) is 30.5 Å². The van der Waals surface area contributed by atoms with E-state index in [9.17, 15) is 0 Å². The van der Waals surface area contributed by atoms with Crippen molar-refractivity contribution in [1.82, 2.24) is 15.3 Å². The number of hydrogen-bond donors (Lipinski definition) is 1. The van der Waals surface area contributed by atoms with Crippen LogP contribution in [0.2, 0.25) is 0 Å². The van der Waals surface area contributed by atoms with E-state index < -0.39 is 0 Å². The molecule has 4 aliphatic rings. The third-order valence-electron chi connectivity index (χ3n) is 11.2. The molecule has 2 aromatic heterocycles. The Kier molecular flexibility index (Phi) is 6.01. The Morgan fingerprint density at radius 3 is 2.18 bits per heavy atom. The Morgan fingerprint density at radius 2 is 1.31 bits per heavy atom. The van der Waals surface area contributed by atoms with Gasteiger partial charge in [0.15, 0.2) is 0 Å². The molecule has 12 rings (SSSR count). The van der Waals surface area contributed by atoms with Gasteiger partial charge in [-0.1, -0.05) is 115 Å². The van der Waals surface area contributed by atoms with E-state index in [1.54, 1.807) is 0 Å². The largest absolute Gasteiger partial charge is 0.485 e. The first kappa shape index (κ1) is 28.6. The molecule has 7 unspecified atom stereocenters. The summed E-state index contributed by atoms with van der Waals surface area (Å²) in [6, 6.07) is 48.9. The van der Waals surface area contributed by atoms with Crippen LogP contribution in [0, 0.1) is 0 Å². The van der Waals surface area contributed by atoms with Crippen molar-refractivity contribution in [1.29, 1.82) is 0 Å². The van der Waals surface area contributed by atoms with E-state index >= 15 is 0 Å². The molecular formula is C45H31N3OS2. The third kappa shape index (κ3) is 4.23. The maximum absolute atomic E-state index is 6.56. The van der Waals surface area contributed by atoms with Crippen molar-refractivity contribution in [3.63, 3.8) is 0 Å². The monoisotopic (exact) mass is 693 g/mol. The molecule has 5 heterocycles. The fourth-order valence-electron chi connectivity index (χ4n) is 8.84. The zero-order chi connectivity index (χ0) is 33.2. The molecule has 4 nitrogen and oxygen atoms in total. The molecule has 0 bridgehead atoms. The standard InChI is InChI=1S/C45H31N3OS2/c1-2-9-26(10-3-1)43-46-44(28-17-20-33-31-11-4-6-15-39(31)50-41(33)25-28)48-45(47(43)48)29-19-22-38-36(24-29)35-23-27(18-21-37(35)49-38)30-13-8-14-34-32-12-5-7-16-40(32)51-42(30)34/h1-25,36,38,43-46H. The number of hydrazine groups is 1. The smallest absolute Gasteiger partial charge is 0.128 e. The Labute approximate surface area is 303 Å². The van der Waals surface area contributed by atoms with Crippen molar-refractivity contribution in [2.24, 2.45) is 0 Å². The van der Waals surface area contributed by atoms with Crippen LogP contribution in [0.25, 0.3) is 51.5 Å². The lowest BCUT2D eigenvalue weighted by Crippen LogP contribution is -2.30. The summed E-state index contributed by atoms with van der Waals surface area (Å²) >= 11 is 3.77. The van der Waals surface area contributed by atoms with Crippen LogP contribution >= 0.6 is 22.7 Å². The Morgan fingerprint density at radius 1 is 0.588 bits per heavy atom. The SMILES string of the molecule is C1=CC2Oc3ccc(-c4cccc5c4sc4ccccc45)cc3C2C=C1C1N2C(c3ccccc3)NC(c3ccc4c(c3)sc3ccccc34)N12. The van der Waals surface area contributed by atoms with E-state index in [1.165, 1.54) is 73.7 Å². The molecule has 6 aromatic carbocycles. The second-order valence-corrected chi connectivity index (χ2v) is 16.2. The van der Waals surface area contributed by atoms with Gasteiger partial charge in [-0.25, -0.2) is 0 Å². The van der Waals surface area contributed by atoms with Crippen LogP contribution in [0.3, 0.4) is 0 Å². The quantitative estimate of drug-likeness (QED) is 0.186. The highest BCUT2D eigenvalue weighted by Crippen LogP contribution is 2.54. The first-order chi connectivity index (χ1) is 25.3. The average molecular weight is 694 g/mol. The Balaban J connectivity index is 0.917. The second-order valence-electron chi connectivity index (χ2n) is 14.0. The zero-order valence-electron chi connectivity index (χ0n) is 27.4. The number of nitrogens with one attached hydrogen (secondary N) is 1. The summed E-state index contributed by atoms with van der Waals surface area (Å²) in [6.45, 7) is 0. The van der Waals surface area contributed by atoms with E-state index in [0.29, 0.717) is 0 Å². The summed E-state index contributed by atoms with van der Waals surface area (Å²) in [5.41, 5.74) is 7.73. The van der Waals surface area contributed by atoms with Crippen molar-refractivity contribution >= 4 is 63.0 Å². The van der Waals surface area contributed by atoms with E-state index in [0.717, 1.165) is 5.75 Å². The molecule has 2 fully saturated rings. The van der Waals surface area contributed by atoms with Crippen LogP contribution in [-0.2, 0) is 0 Å². The molecule has 0 radical (unpaired) electrons. The van der Waals surface area contributed by atoms with E-state index in [-0.39, 0.29) is 30.5 Å². The Bertz CT molecular complexity index is 2780. The minimum atomic E-state index is 0.0110. The summed E-state index contributed by atoms with van der Waals surface area (Å²) in [4.78, 5) is 0. The van der Waals surface area contributed by atoms with E-state index in [1.807, 2.05) is 22.7 Å². The zero-order valence-corrected chi connectivity index (χ0v) is 29.1. The number of benzene rings is 6. The average Bonchev–Trinajstić information content (AvgIpc) is 3.53. The molecule has 0 saturated carbocycles. The van der Waals surface area contributed by atoms with Crippen molar-refractivity contribution in [3.8, 4) is 16.9 Å². The first-order valence-corrected chi connectivity index (χ1v) is 19.3.